The molecule has 0 aliphatic carbocycles. The summed E-state index contributed by atoms with van der Waals surface area (Å²) in [5.74, 6) is 0. The summed E-state index contributed by atoms with van der Waals surface area (Å²) in [6.45, 7) is 0.394. The smallest absolute Gasteiger partial charge is 0.126 e. The fourth-order valence-electron chi connectivity index (χ4n) is 1.15. The van der Waals surface area contributed by atoms with Crippen molar-refractivity contribution in [3.63, 3.8) is 0 Å². The largest absolute Gasteiger partial charge is 0.330 e. The van der Waals surface area contributed by atoms with Gasteiger partial charge < -0.3 is 5.73 Å². The maximum atomic E-state index is 13.4. The van der Waals surface area contributed by atoms with E-state index in [2.05, 4.69) is 0 Å². The molecule has 0 saturated carbocycles. The molecular formula is C10H14FNS. The number of thioether (sulfide) groups is 1. The summed E-state index contributed by atoms with van der Waals surface area (Å²) in [5, 5.41) is 0. The van der Waals surface area contributed by atoms with Gasteiger partial charge in [-0.15, -0.1) is 11.8 Å². The third kappa shape index (κ3) is 3.01. The molecule has 0 radical (unpaired) electrons. The predicted octanol–water partition coefficient (Wildman–Crippen LogP) is 2.77. The molecule has 1 rings (SSSR count). The highest BCUT2D eigenvalue weighted by molar-refractivity contribution is 7.98. The summed E-state index contributed by atoms with van der Waals surface area (Å²) in [7, 11) is 0. The molecular weight excluding hydrogens is 185 g/mol. The van der Waals surface area contributed by atoms with Gasteiger partial charge in [0.2, 0.25) is 0 Å². The topological polar surface area (TPSA) is 26.0 Å². The Morgan fingerprint density at radius 1 is 1.54 bits per heavy atom. The van der Waals surface area contributed by atoms with E-state index in [1.54, 1.807) is 17.8 Å². The minimum absolute atomic E-state index is 0.394. The zero-order valence-corrected chi connectivity index (χ0v) is 8.48. The summed E-state index contributed by atoms with van der Waals surface area (Å²) < 4.78 is 13.4. The molecule has 0 spiro atoms. The van der Waals surface area contributed by atoms with Crippen molar-refractivity contribution in [1.82, 2.24) is 0 Å². The number of benzene rings is 1. The van der Waals surface area contributed by atoms with Gasteiger partial charge in [-0.25, -0.2) is 4.39 Å². The normalized spacial score (nSPS) is 12.8. The molecule has 13 heavy (non-hydrogen) atoms. The fraction of sp³-hybridized carbons (Fsp3) is 0.400. The van der Waals surface area contributed by atoms with Gasteiger partial charge >= 0.3 is 0 Å². The zero-order valence-electron chi connectivity index (χ0n) is 7.66. The van der Waals surface area contributed by atoms with Gasteiger partial charge in [0, 0.05) is 4.90 Å². The highest BCUT2D eigenvalue weighted by atomic mass is 32.2. The van der Waals surface area contributed by atoms with Gasteiger partial charge in [0.25, 0.3) is 0 Å². The van der Waals surface area contributed by atoms with Crippen LogP contribution in [0.2, 0.25) is 0 Å². The lowest BCUT2D eigenvalue weighted by Gasteiger charge is -2.07. The van der Waals surface area contributed by atoms with Crippen molar-refractivity contribution >= 4 is 11.8 Å². The lowest BCUT2D eigenvalue weighted by Crippen LogP contribution is -2.03. The van der Waals surface area contributed by atoms with E-state index in [-0.39, 0.29) is 0 Å². The number of rotatable bonds is 4. The first-order chi connectivity index (χ1) is 6.27. The first-order valence-corrected chi connectivity index (χ1v) is 5.48. The van der Waals surface area contributed by atoms with Crippen molar-refractivity contribution in [2.24, 2.45) is 5.73 Å². The van der Waals surface area contributed by atoms with Crippen LogP contribution in [0.3, 0.4) is 0 Å². The summed E-state index contributed by atoms with van der Waals surface area (Å²) >= 11 is 1.62. The Kier molecular flexibility index (Phi) is 4.25. The van der Waals surface area contributed by atoms with E-state index in [0.717, 1.165) is 10.5 Å². The van der Waals surface area contributed by atoms with E-state index < -0.39 is 6.17 Å². The minimum atomic E-state index is -0.919. The van der Waals surface area contributed by atoms with Crippen molar-refractivity contribution in [3.05, 3.63) is 29.8 Å². The van der Waals surface area contributed by atoms with Crippen LogP contribution in [0.1, 0.15) is 18.2 Å². The van der Waals surface area contributed by atoms with Crippen LogP contribution in [-0.2, 0) is 0 Å². The molecule has 3 heteroatoms. The third-order valence-corrected chi connectivity index (χ3v) is 2.60. The standard InChI is InChI=1S/C10H14FNS/c1-13-9-4-2-3-8(7-9)10(11)5-6-12/h2-4,7,10H,5-6,12H2,1H3. The molecule has 0 aliphatic heterocycles. The highest BCUT2D eigenvalue weighted by Gasteiger charge is 2.08. The van der Waals surface area contributed by atoms with Gasteiger partial charge in [0.1, 0.15) is 6.17 Å². The van der Waals surface area contributed by atoms with E-state index in [0.29, 0.717) is 13.0 Å². The average molecular weight is 199 g/mol. The Hall–Kier alpha value is -0.540. The minimum Gasteiger partial charge on any atom is -0.330 e. The maximum Gasteiger partial charge on any atom is 0.126 e. The predicted molar refractivity (Wildman–Crippen MR) is 55.7 cm³/mol. The van der Waals surface area contributed by atoms with Gasteiger partial charge in [-0.3, -0.25) is 0 Å². The molecule has 1 aromatic rings. The van der Waals surface area contributed by atoms with E-state index in [1.165, 1.54) is 0 Å². The average Bonchev–Trinajstić information content (AvgIpc) is 2.18. The van der Waals surface area contributed by atoms with Crippen LogP contribution in [-0.4, -0.2) is 12.8 Å². The molecule has 0 bridgehead atoms. The summed E-state index contributed by atoms with van der Waals surface area (Å²) in [4.78, 5) is 1.09. The second kappa shape index (κ2) is 5.25. The van der Waals surface area contributed by atoms with Crippen molar-refractivity contribution in [2.45, 2.75) is 17.5 Å². The SMILES string of the molecule is CSc1cccc(C(F)CCN)c1. The lowest BCUT2D eigenvalue weighted by molar-refractivity contribution is 0.327. The van der Waals surface area contributed by atoms with Crippen molar-refractivity contribution in [3.8, 4) is 0 Å². The Balaban J connectivity index is 2.75. The number of alkyl halides is 1. The molecule has 0 aliphatic rings. The third-order valence-electron chi connectivity index (χ3n) is 1.88. The molecule has 0 aromatic heterocycles. The first kappa shape index (κ1) is 10.5. The monoisotopic (exact) mass is 199 g/mol. The molecule has 0 fully saturated rings. The second-order valence-corrected chi connectivity index (χ2v) is 3.70. The van der Waals surface area contributed by atoms with E-state index in [9.17, 15) is 4.39 Å². The molecule has 1 nitrogen and oxygen atoms in total. The Labute approximate surface area is 82.5 Å². The molecule has 2 N–H and O–H groups in total. The molecule has 1 aromatic carbocycles. The number of nitrogens with two attached hydrogens (primary N) is 1. The quantitative estimate of drug-likeness (QED) is 0.755. The Morgan fingerprint density at radius 3 is 2.92 bits per heavy atom. The van der Waals surface area contributed by atoms with Crippen LogP contribution in [0.15, 0.2) is 29.2 Å². The summed E-state index contributed by atoms with van der Waals surface area (Å²) in [5.41, 5.74) is 6.03. The molecule has 0 saturated heterocycles. The van der Waals surface area contributed by atoms with Crippen LogP contribution in [0.4, 0.5) is 4.39 Å². The van der Waals surface area contributed by atoms with Crippen LogP contribution in [0, 0.1) is 0 Å². The Bertz CT molecular complexity index is 265. The van der Waals surface area contributed by atoms with Crippen molar-refractivity contribution < 1.29 is 4.39 Å². The Morgan fingerprint density at radius 2 is 2.31 bits per heavy atom. The lowest BCUT2D eigenvalue weighted by atomic mass is 10.1. The molecule has 0 heterocycles. The van der Waals surface area contributed by atoms with E-state index >= 15 is 0 Å². The van der Waals surface area contributed by atoms with Crippen LogP contribution < -0.4 is 5.73 Å². The molecule has 0 amide bonds. The van der Waals surface area contributed by atoms with E-state index in [1.807, 2.05) is 24.5 Å². The van der Waals surface area contributed by atoms with Crippen molar-refractivity contribution in [2.75, 3.05) is 12.8 Å². The molecule has 1 atom stereocenters. The van der Waals surface area contributed by atoms with Crippen molar-refractivity contribution in [1.29, 1.82) is 0 Å². The highest BCUT2D eigenvalue weighted by Crippen LogP contribution is 2.24. The molecule has 1 unspecified atom stereocenters. The van der Waals surface area contributed by atoms with Crippen LogP contribution in [0.25, 0.3) is 0 Å². The number of hydrogen-bond acceptors (Lipinski definition) is 2. The van der Waals surface area contributed by atoms with Gasteiger partial charge in [-0.05, 0) is 36.9 Å². The summed E-state index contributed by atoms with van der Waals surface area (Å²) in [6, 6.07) is 7.54. The van der Waals surface area contributed by atoms with Gasteiger partial charge in [-0.2, -0.15) is 0 Å². The van der Waals surface area contributed by atoms with Crippen LogP contribution in [0.5, 0.6) is 0 Å². The maximum absolute atomic E-state index is 13.4. The van der Waals surface area contributed by atoms with Crippen LogP contribution >= 0.6 is 11.8 Å². The van der Waals surface area contributed by atoms with E-state index in [4.69, 9.17) is 5.73 Å². The second-order valence-electron chi connectivity index (χ2n) is 2.82. The summed E-state index contributed by atoms with van der Waals surface area (Å²) in [6.07, 6.45) is 1.46. The fourth-order valence-corrected chi connectivity index (χ4v) is 1.62. The van der Waals surface area contributed by atoms with Gasteiger partial charge in [0.15, 0.2) is 0 Å². The molecule has 72 valence electrons. The number of halogens is 1. The number of hydrogen-bond donors (Lipinski definition) is 1. The van der Waals surface area contributed by atoms with Gasteiger partial charge in [-0.1, -0.05) is 12.1 Å². The van der Waals surface area contributed by atoms with Gasteiger partial charge in [0.05, 0.1) is 0 Å². The zero-order chi connectivity index (χ0) is 9.68. The first-order valence-electron chi connectivity index (χ1n) is 4.26.